The number of hydrogen-bond acceptors (Lipinski definition) is 7. The second-order valence-corrected chi connectivity index (χ2v) is 22.5. The first-order valence-corrected chi connectivity index (χ1v) is 31.7. The molecule has 430 valence electrons. The molecule has 0 aliphatic heterocycles. The van der Waals surface area contributed by atoms with E-state index in [1.54, 1.807) is 6.08 Å². The van der Waals surface area contributed by atoms with Gasteiger partial charge in [-0.15, -0.1) is 0 Å². The summed E-state index contributed by atoms with van der Waals surface area (Å²) in [6.07, 6.45) is 73.6. The van der Waals surface area contributed by atoms with Gasteiger partial charge >= 0.3 is 5.97 Å². The van der Waals surface area contributed by atoms with Crippen LogP contribution in [0.3, 0.4) is 0 Å². The summed E-state index contributed by atoms with van der Waals surface area (Å²) in [6.45, 7) is 6.64. The molecule has 75 heavy (non-hydrogen) atoms. The van der Waals surface area contributed by atoms with E-state index in [9.17, 15) is 19.0 Å². The number of esters is 1. The average molecular weight is 1070 g/mol. The highest BCUT2D eigenvalue weighted by Gasteiger charge is 2.27. The first kappa shape index (κ1) is 71.7. The summed E-state index contributed by atoms with van der Waals surface area (Å²) in [5.41, 5.74) is 0. The second kappa shape index (κ2) is 54.0. The Labute approximate surface area is 461 Å². The molecule has 0 bridgehead atoms. The van der Waals surface area contributed by atoms with Crippen molar-refractivity contribution in [1.82, 2.24) is 5.32 Å². The molecule has 3 unspecified atom stereocenters. The maximum absolute atomic E-state index is 13.4. The summed E-state index contributed by atoms with van der Waals surface area (Å²) in [6, 6.07) is -0.930. The molecule has 0 aliphatic rings. The van der Waals surface area contributed by atoms with E-state index < -0.39 is 26.6 Å². The lowest BCUT2D eigenvalue weighted by Crippen LogP contribution is -2.47. The Morgan fingerprint density at radius 2 is 0.867 bits per heavy atom. The zero-order valence-corrected chi connectivity index (χ0v) is 49.9. The van der Waals surface area contributed by atoms with E-state index in [4.69, 9.17) is 13.8 Å². The topological polar surface area (TPSA) is 114 Å². The number of quaternary nitrogens is 1. The van der Waals surface area contributed by atoms with Crippen molar-refractivity contribution in [2.24, 2.45) is 0 Å². The van der Waals surface area contributed by atoms with E-state index in [0.717, 1.165) is 109 Å². The summed E-state index contributed by atoms with van der Waals surface area (Å²) in [5, 5.41) is 2.97. The Balaban J connectivity index is 5.25. The first-order valence-electron chi connectivity index (χ1n) is 30.2. The number of carbonyl (C=O) groups excluding carboxylic acids is 2. The fourth-order valence-electron chi connectivity index (χ4n) is 8.04. The van der Waals surface area contributed by atoms with Gasteiger partial charge in [-0.1, -0.05) is 233 Å². The summed E-state index contributed by atoms with van der Waals surface area (Å²) < 4.78 is 30.2. The Morgan fingerprint density at radius 1 is 0.480 bits per heavy atom. The second-order valence-electron chi connectivity index (χ2n) is 21.1. The lowest BCUT2D eigenvalue weighted by molar-refractivity contribution is -0.870. The van der Waals surface area contributed by atoms with E-state index in [2.05, 4.69) is 117 Å². The molecular formula is C65H113N2O7P. The Bertz CT molecular complexity index is 1650. The average Bonchev–Trinajstić information content (AvgIpc) is 3.37. The number of unbranched alkanes of at least 4 members (excludes halogenated alkanes) is 21. The minimum atomic E-state index is -4.72. The normalized spacial score (nSPS) is 14.5. The van der Waals surface area contributed by atoms with E-state index in [1.165, 1.54) is 83.5 Å². The lowest BCUT2D eigenvalue weighted by Gasteiger charge is -2.30. The van der Waals surface area contributed by atoms with Crippen molar-refractivity contribution in [2.75, 3.05) is 40.9 Å². The molecule has 1 N–H and O–H groups in total. The molecule has 9 nitrogen and oxygen atoms in total. The minimum absolute atomic E-state index is 0.0393. The van der Waals surface area contributed by atoms with Crippen LogP contribution in [-0.2, 0) is 27.9 Å². The molecule has 0 spiro atoms. The van der Waals surface area contributed by atoms with E-state index >= 15 is 0 Å². The highest BCUT2D eigenvalue weighted by molar-refractivity contribution is 7.45. The maximum Gasteiger partial charge on any atom is 0.306 e. The van der Waals surface area contributed by atoms with Crippen LogP contribution in [0.5, 0.6) is 0 Å². The predicted octanol–water partition coefficient (Wildman–Crippen LogP) is 17.9. The first-order chi connectivity index (χ1) is 36.4. The number of phosphoric acid groups is 1. The fraction of sp³-hybridized carbons (Fsp3) is 0.692. The zero-order valence-electron chi connectivity index (χ0n) is 49.0. The van der Waals surface area contributed by atoms with Gasteiger partial charge in [0.15, 0.2) is 0 Å². The molecule has 0 radical (unpaired) electrons. The van der Waals surface area contributed by atoms with Crippen LogP contribution in [0.25, 0.3) is 0 Å². The number of rotatable bonds is 53. The van der Waals surface area contributed by atoms with Crippen LogP contribution in [0.15, 0.2) is 109 Å². The van der Waals surface area contributed by atoms with Crippen LogP contribution in [0, 0.1) is 0 Å². The van der Waals surface area contributed by atoms with Crippen LogP contribution in [0.2, 0.25) is 0 Å². The predicted molar refractivity (Wildman–Crippen MR) is 320 cm³/mol. The molecule has 0 aromatic carbocycles. The molecule has 10 heteroatoms. The Hall–Kier alpha value is -3.33. The standard InChI is InChI=1S/C65H113N2O7P/c1-7-10-13-16-19-22-25-27-28-29-30-31-32-33-34-35-36-37-38-40-43-46-49-52-55-58-65(69)74-63(56-53-50-47-44-41-24-21-18-15-12-9-3)62(61-73-75(70,71)72-60-59-67(4,5)6)66-64(68)57-54-51-48-45-42-39-26-23-20-17-14-11-8-2/h10,13,19,22,27-28,30-31,33-34,36-37,39,42,48,51,53,56,62-63H,7-9,11-12,14-18,20-21,23-26,29,32,35,38,40-41,43-47,49-50,52,54-55,57-61H2,1-6H3,(H-,66,68,70,71)/b13-10-,22-19-,28-27-,31-30-,34-33-,37-36-,42-39-,51-48+,56-53-. The fourth-order valence-corrected chi connectivity index (χ4v) is 8.77. The number of likely N-dealkylation sites (N-methyl/N-ethyl adjacent to an activating group) is 1. The largest absolute Gasteiger partial charge is 0.756 e. The number of amides is 1. The third kappa shape index (κ3) is 55.2. The molecule has 3 atom stereocenters. The smallest absolute Gasteiger partial charge is 0.306 e. The molecular weight excluding hydrogens is 952 g/mol. The summed E-state index contributed by atoms with van der Waals surface area (Å²) in [5.74, 6) is -0.644. The van der Waals surface area contributed by atoms with Crippen molar-refractivity contribution in [1.29, 1.82) is 0 Å². The van der Waals surface area contributed by atoms with Crippen molar-refractivity contribution >= 4 is 19.7 Å². The highest BCUT2D eigenvalue weighted by atomic mass is 31.2. The quantitative estimate of drug-likeness (QED) is 0.0212. The molecule has 0 aromatic rings. The van der Waals surface area contributed by atoms with Gasteiger partial charge in [0, 0.05) is 12.8 Å². The van der Waals surface area contributed by atoms with Crippen LogP contribution in [-0.4, -0.2) is 69.4 Å². The number of nitrogens with zero attached hydrogens (tertiary/aromatic N) is 1. The number of nitrogens with one attached hydrogen (secondary N) is 1. The summed E-state index contributed by atoms with van der Waals surface area (Å²) in [7, 11) is 1.13. The van der Waals surface area contributed by atoms with E-state index in [-0.39, 0.29) is 31.3 Å². The summed E-state index contributed by atoms with van der Waals surface area (Å²) >= 11 is 0. The number of carbonyl (C=O) groups is 2. The van der Waals surface area contributed by atoms with E-state index in [0.29, 0.717) is 23.9 Å². The van der Waals surface area contributed by atoms with Gasteiger partial charge in [0.05, 0.1) is 33.8 Å². The molecule has 0 aromatic heterocycles. The van der Waals surface area contributed by atoms with Crippen molar-refractivity contribution in [3.8, 4) is 0 Å². The van der Waals surface area contributed by atoms with Crippen molar-refractivity contribution < 1.29 is 37.3 Å². The minimum Gasteiger partial charge on any atom is -0.756 e. The van der Waals surface area contributed by atoms with Gasteiger partial charge in [-0.2, -0.15) is 0 Å². The number of hydrogen-bond donors (Lipinski definition) is 1. The molecule has 0 fully saturated rings. The van der Waals surface area contributed by atoms with Crippen LogP contribution < -0.4 is 10.2 Å². The van der Waals surface area contributed by atoms with Gasteiger partial charge in [0.2, 0.25) is 5.91 Å². The highest BCUT2D eigenvalue weighted by Crippen LogP contribution is 2.38. The molecule has 0 rings (SSSR count). The van der Waals surface area contributed by atoms with Crippen molar-refractivity contribution in [2.45, 2.75) is 251 Å². The third-order valence-corrected chi connectivity index (χ3v) is 13.7. The van der Waals surface area contributed by atoms with Crippen LogP contribution in [0.1, 0.15) is 239 Å². The van der Waals surface area contributed by atoms with Crippen molar-refractivity contribution in [3.63, 3.8) is 0 Å². The Kier molecular flexibility index (Phi) is 51.6. The van der Waals surface area contributed by atoms with Gasteiger partial charge in [-0.05, 0) is 102 Å². The molecule has 1 amide bonds. The van der Waals surface area contributed by atoms with Gasteiger partial charge in [-0.25, -0.2) is 0 Å². The number of allylic oxidation sites excluding steroid dienone is 17. The molecule has 0 saturated carbocycles. The monoisotopic (exact) mass is 1060 g/mol. The molecule has 0 aliphatic carbocycles. The van der Waals surface area contributed by atoms with Gasteiger partial charge < -0.3 is 28.5 Å². The van der Waals surface area contributed by atoms with Crippen LogP contribution >= 0.6 is 7.82 Å². The van der Waals surface area contributed by atoms with Gasteiger partial charge in [0.25, 0.3) is 7.82 Å². The Morgan fingerprint density at radius 3 is 1.31 bits per heavy atom. The van der Waals surface area contributed by atoms with E-state index in [1.807, 2.05) is 33.3 Å². The molecule has 0 heterocycles. The van der Waals surface area contributed by atoms with Gasteiger partial charge in [-0.3, -0.25) is 14.2 Å². The number of ether oxygens (including phenoxy) is 1. The number of phosphoric ester groups is 1. The van der Waals surface area contributed by atoms with Crippen molar-refractivity contribution in [3.05, 3.63) is 109 Å². The molecule has 0 saturated heterocycles. The van der Waals surface area contributed by atoms with Gasteiger partial charge in [0.1, 0.15) is 19.3 Å². The third-order valence-electron chi connectivity index (χ3n) is 12.7. The SMILES string of the molecule is CC/C=C\C/C=C\C/C=C\C/C=C\C/C=C\C/C=C\CCCCCCCCC(=O)OC(/C=C\CCCCCCCCCCC)C(COP(=O)([O-])OCC[N+](C)(C)C)NC(=O)CC/C=C/C/C=C\CCCCCCCC. The maximum atomic E-state index is 13.4. The summed E-state index contributed by atoms with van der Waals surface area (Å²) in [4.78, 5) is 39.8. The lowest BCUT2D eigenvalue weighted by atomic mass is 10.1. The van der Waals surface area contributed by atoms with Crippen LogP contribution in [0.4, 0.5) is 0 Å². The zero-order chi connectivity index (χ0) is 55.0.